The Morgan fingerprint density at radius 2 is 0.375 bits per heavy atom. The minimum atomic E-state index is -1.91. The maximum Gasteiger partial charge on any atom is 0.200 e. The Balaban J connectivity index is 0.000000156. The molecule has 0 fully saturated rings. The van der Waals surface area contributed by atoms with Crippen LogP contribution in [0.5, 0.6) is 34.5 Å². The Morgan fingerprint density at radius 1 is 0.225 bits per heavy atom. The summed E-state index contributed by atoms with van der Waals surface area (Å²) in [7, 11) is -3.81. The molecule has 0 aromatic heterocycles. The van der Waals surface area contributed by atoms with Crippen molar-refractivity contribution in [3.8, 4) is 34.5 Å². The fraction of sp³-hybridized carbons (Fsp3) is 0. The quantitative estimate of drug-likeness (QED) is 0.0569. The van der Waals surface area contributed by atoms with Gasteiger partial charge >= 0.3 is 0 Å². The van der Waals surface area contributed by atoms with Gasteiger partial charge in [0.05, 0.1) is 11.9 Å². The number of phenolic OH excluding ortho intramolecular Hbond substituents is 6. The first-order valence-corrected chi connectivity index (χ1v) is 28.6. The summed E-state index contributed by atoms with van der Waals surface area (Å²) < 4.78 is 0. The van der Waals surface area contributed by atoms with Crippen LogP contribution in [0, 0.1) is 0 Å². The van der Waals surface area contributed by atoms with Crippen molar-refractivity contribution in [3.63, 3.8) is 0 Å². The summed E-state index contributed by atoms with van der Waals surface area (Å²) in [6.07, 6.45) is 0. The van der Waals surface area contributed by atoms with Crippen LogP contribution >= 0.6 is 14.5 Å². The first kappa shape index (κ1) is 57.7. The predicted octanol–water partition coefficient (Wildman–Crippen LogP) is 8.63. The standard InChI is InChI=1S/2C24H20P.C8H6O4.2C6H6O3/c2*1-5-13-21(14-6-1)25(22-15-7-2-8-16-22,23-17-9-3-10-18-23)24-19-11-4-12-20-24;9-7(10)5-1-2-6(4-3-5)8(11)12;2*7-4-2-1-3-5(8)6(4)9/h2*1-20H;1-4H,(H,9,10)(H,11,12);2*1-3,7-9H/q2*+1;;;/p-2. The van der Waals surface area contributed by atoms with Gasteiger partial charge in [-0.3, -0.25) is 0 Å². The molecule has 6 N–H and O–H groups in total. The van der Waals surface area contributed by atoms with E-state index in [9.17, 15) is 19.8 Å². The van der Waals surface area contributed by atoms with E-state index in [1.54, 1.807) is 0 Å². The molecular weight excluding hydrogens is 1040 g/mol. The van der Waals surface area contributed by atoms with Gasteiger partial charge in [0.25, 0.3) is 0 Å². The zero-order valence-corrected chi connectivity index (χ0v) is 44.9. The molecule has 11 rings (SSSR count). The molecule has 11 aromatic rings. The molecule has 0 radical (unpaired) electrons. The highest BCUT2D eigenvalue weighted by Crippen LogP contribution is 2.55. The highest BCUT2D eigenvalue weighted by atomic mass is 31.2. The lowest BCUT2D eigenvalue weighted by Gasteiger charge is -2.27. The minimum Gasteiger partial charge on any atom is -0.545 e. The molecule has 0 spiro atoms. The molecule has 11 aromatic carbocycles. The van der Waals surface area contributed by atoms with Gasteiger partial charge in [-0.2, -0.15) is 0 Å². The predicted molar refractivity (Wildman–Crippen MR) is 320 cm³/mol. The molecule has 0 bridgehead atoms. The van der Waals surface area contributed by atoms with Crippen molar-refractivity contribution < 1.29 is 50.4 Å². The highest BCUT2D eigenvalue weighted by Gasteiger charge is 2.48. The Bertz CT molecular complexity index is 3030. The Morgan fingerprint density at radius 3 is 0.500 bits per heavy atom. The molecule has 0 aliphatic heterocycles. The average Bonchev–Trinajstić information content (AvgIpc) is 3.54. The van der Waals surface area contributed by atoms with Crippen molar-refractivity contribution in [2.45, 2.75) is 0 Å². The normalized spacial score (nSPS) is 10.5. The topological polar surface area (TPSA) is 202 Å². The number of rotatable bonds is 10. The van der Waals surface area contributed by atoms with Gasteiger partial charge in [-0.05, 0) is 132 Å². The lowest BCUT2D eigenvalue weighted by Crippen LogP contribution is -2.38. The zero-order chi connectivity index (χ0) is 56.7. The fourth-order valence-corrected chi connectivity index (χ4v) is 17.3. The number of phenols is 6. The fourth-order valence-electron chi connectivity index (χ4n) is 8.78. The summed E-state index contributed by atoms with van der Waals surface area (Å²) in [5.74, 6) is -4.86. The van der Waals surface area contributed by atoms with Gasteiger partial charge in [-0.1, -0.05) is 182 Å². The van der Waals surface area contributed by atoms with E-state index >= 15 is 0 Å². The number of benzene rings is 11. The van der Waals surface area contributed by atoms with Crippen LogP contribution in [0.15, 0.2) is 303 Å². The van der Waals surface area contributed by atoms with Crippen LogP contribution in [-0.2, 0) is 0 Å². The van der Waals surface area contributed by atoms with Crippen molar-refractivity contribution in [1.82, 2.24) is 0 Å². The number of aromatic hydroxyl groups is 6. The maximum atomic E-state index is 10.2. The largest absolute Gasteiger partial charge is 0.545 e. The second-order valence-corrected chi connectivity index (χ2v) is 24.3. The average molecular weight is 1100 g/mol. The monoisotopic (exact) mass is 1090 g/mol. The lowest BCUT2D eigenvalue weighted by molar-refractivity contribution is -0.256. The molecule has 0 aliphatic carbocycles. The van der Waals surface area contributed by atoms with Gasteiger partial charge in [0.15, 0.2) is 34.5 Å². The first-order valence-electron chi connectivity index (χ1n) is 25.0. The third-order valence-corrected chi connectivity index (χ3v) is 21.1. The van der Waals surface area contributed by atoms with E-state index < -0.39 is 38.0 Å². The molecule has 0 aliphatic rings. The third kappa shape index (κ3) is 13.9. The molecular formula is C68H56O10P2. The van der Waals surface area contributed by atoms with E-state index in [2.05, 4.69) is 243 Å². The van der Waals surface area contributed by atoms with Crippen LogP contribution in [0.2, 0.25) is 0 Å². The number of hydrogen-bond donors (Lipinski definition) is 6. The van der Waals surface area contributed by atoms with Crippen molar-refractivity contribution in [1.29, 1.82) is 0 Å². The van der Waals surface area contributed by atoms with Crippen molar-refractivity contribution in [3.05, 3.63) is 314 Å². The zero-order valence-electron chi connectivity index (χ0n) is 43.1. The molecule has 0 saturated heterocycles. The van der Waals surface area contributed by atoms with Crippen molar-refractivity contribution in [2.75, 3.05) is 0 Å². The number of carbonyl (C=O) groups excluding carboxylic acids is 2. The summed E-state index contributed by atoms with van der Waals surface area (Å²) in [4.78, 5) is 20.4. The number of carboxylic acid groups (broad SMARTS) is 2. The number of aromatic carboxylic acids is 2. The smallest absolute Gasteiger partial charge is 0.200 e. The van der Waals surface area contributed by atoms with E-state index in [0.717, 1.165) is 24.3 Å². The second-order valence-electron chi connectivity index (χ2n) is 17.5. The van der Waals surface area contributed by atoms with Gasteiger partial charge in [0.1, 0.15) is 57.0 Å². The van der Waals surface area contributed by atoms with Crippen molar-refractivity contribution >= 4 is 68.9 Å². The molecule has 0 unspecified atom stereocenters. The van der Waals surface area contributed by atoms with Crippen LogP contribution < -0.4 is 52.6 Å². The highest BCUT2D eigenvalue weighted by molar-refractivity contribution is 8.02. The van der Waals surface area contributed by atoms with Gasteiger partial charge in [-0.25, -0.2) is 0 Å². The van der Waals surface area contributed by atoms with Crippen LogP contribution in [0.4, 0.5) is 0 Å². The molecule has 80 heavy (non-hydrogen) atoms. The summed E-state index contributed by atoms with van der Waals surface area (Å²) >= 11 is 0. The van der Waals surface area contributed by atoms with E-state index in [-0.39, 0.29) is 34.1 Å². The first-order chi connectivity index (χ1) is 38.9. The van der Waals surface area contributed by atoms with Crippen LogP contribution in [-0.4, -0.2) is 42.6 Å². The Hall–Kier alpha value is -9.98. The summed E-state index contributed by atoms with van der Waals surface area (Å²) in [6, 6.07) is 100. The molecule has 0 heterocycles. The number of carboxylic acids is 2. The molecule has 398 valence electrons. The molecule has 0 saturated carbocycles. The molecule has 0 atom stereocenters. The lowest BCUT2D eigenvalue weighted by atomic mass is 10.1. The van der Waals surface area contributed by atoms with E-state index in [1.165, 1.54) is 78.8 Å². The van der Waals surface area contributed by atoms with Gasteiger partial charge in [0, 0.05) is 0 Å². The van der Waals surface area contributed by atoms with Gasteiger partial charge < -0.3 is 50.4 Å². The van der Waals surface area contributed by atoms with E-state index in [4.69, 9.17) is 30.6 Å². The number of hydrogen-bond acceptors (Lipinski definition) is 10. The SMILES string of the molecule is O=C([O-])c1ccc(C(=O)[O-])cc1.Oc1cccc(O)c1O.Oc1cccc(O)c1O.c1ccc([P+](c2ccccc2)(c2ccccc2)c2ccccc2)cc1.c1ccc([P+](c2ccccc2)(c2ccccc2)c2ccccc2)cc1. The van der Waals surface area contributed by atoms with Gasteiger partial charge in [-0.15, -0.1) is 0 Å². The Labute approximate surface area is 466 Å². The third-order valence-electron chi connectivity index (χ3n) is 12.5. The van der Waals surface area contributed by atoms with E-state index in [0.29, 0.717) is 0 Å². The summed E-state index contributed by atoms with van der Waals surface area (Å²) in [5.41, 5.74) is -0.111. The number of para-hydroxylation sites is 2. The van der Waals surface area contributed by atoms with E-state index in [1.807, 2.05) is 0 Å². The second kappa shape index (κ2) is 28.4. The maximum absolute atomic E-state index is 10.2. The number of carbonyl (C=O) groups is 2. The molecule has 0 amide bonds. The Kier molecular flexibility index (Phi) is 20.5. The van der Waals surface area contributed by atoms with Crippen LogP contribution in [0.25, 0.3) is 0 Å². The van der Waals surface area contributed by atoms with Crippen LogP contribution in [0.1, 0.15) is 20.7 Å². The molecule has 12 heteroatoms. The summed E-state index contributed by atoms with van der Waals surface area (Å²) in [5, 5.41) is 83.7. The van der Waals surface area contributed by atoms with Crippen LogP contribution in [0.3, 0.4) is 0 Å². The molecule has 10 nitrogen and oxygen atoms in total. The summed E-state index contributed by atoms with van der Waals surface area (Å²) in [6.45, 7) is 0. The van der Waals surface area contributed by atoms with Crippen molar-refractivity contribution in [2.24, 2.45) is 0 Å². The van der Waals surface area contributed by atoms with Gasteiger partial charge in [0.2, 0.25) is 0 Å². The minimum absolute atomic E-state index is 0.0556.